The van der Waals surface area contributed by atoms with Crippen molar-refractivity contribution in [3.8, 4) is 11.3 Å². The molecule has 1 aliphatic carbocycles. The molecule has 1 aliphatic heterocycles. The lowest BCUT2D eigenvalue weighted by Crippen LogP contribution is -2.54. The SMILES string of the molecule is O=C(c1ncn([C@H]2CCCC[C@H]2O)c1-c1ccccc1)N1CCNC[C@H]1Cc1ccc(C(F)(F)F)cc1. The predicted molar refractivity (Wildman–Crippen MR) is 134 cm³/mol. The van der Waals surface area contributed by atoms with Crippen LogP contribution >= 0.6 is 0 Å². The maximum Gasteiger partial charge on any atom is 0.416 e. The molecular formula is C28H31F3N4O2. The number of hydrogen-bond donors (Lipinski definition) is 2. The molecule has 196 valence electrons. The monoisotopic (exact) mass is 512 g/mol. The maximum atomic E-state index is 14.0. The molecule has 0 bridgehead atoms. The Kier molecular flexibility index (Phi) is 7.35. The fourth-order valence-electron chi connectivity index (χ4n) is 5.52. The zero-order valence-corrected chi connectivity index (χ0v) is 20.5. The Morgan fingerprint density at radius 1 is 1.05 bits per heavy atom. The van der Waals surface area contributed by atoms with Crippen molar-refractivity contribution < 1.29 is 23.1 Å². The second-order valence-electron chi connectivity index (χ2n) is 9.89. The summed E-state index contributed by atoms with van der Waals surface area (Å²) in [6.07, 6.45) is 0.727. The highest BCUT2D eigenvalue weighted by atomic mass is 19.4. The average molecular weight is 513 g/mol. The number of alkyl halides is 3. The van der Waals surface area contributed by atoms with E-state index < -0.39 is 17.8 Å². The number of piperazine rings is 1. The second-order valence-corrected chi connectivity index (χ2v) is 9.89. The van der Waals surface area contributed by atoms with Crippen LogP contribution in [-0.2, 0) is 12.6 Å². The Labute approximate surface area is 214 Å². The molecule has 37 heavy (non-hydrogen) atoms. The Balaban J connectivity index is 1.45. The second kappa shape index (κ2) is 10.7. The highest BCUT2D eigenvalue weighted by Crippen LogP contribution is 2.35. The van der Waals surface area contributed by atoms with Gasteiger partial charge in [0.2, 0.25) is 0 Å². The van der Waals surface area contributed by atoms with E-state index in [0.29, 0.717) is 43.9 Å². The lowest BCUT2D eigenvalue weighted by Gasteiger charge is -2.36. The molecule has 1 saturated carbocycles. The standard InChI is InChI=1S/C28H31F3N4O2/c29-28(30,31)21-12-10-19(11-13-21)16-22-17-32-14-15-34(22)27(37)25-26(20-6-2-1-3-7-20)35(18-33-25)23-8-4-5-9-24(23)36/h1-3,6-7,10-13,18,22-24,32,36H,4-5,8-9,14-17H2/t22-,23+,24-/m1/s1. The molecule has 1 saturated heterocycles. The van der Waals surface area contributed by atoms with Crippen LogP contribution in [0.3, 0.4) is 0 Å². The van der Waals surface area contributed by atoms with Crippen LogP contribution in [0.4, 0.5) is 13.2 Å². The number of rotatable bonds is 5. The molecule has 2 N–H and O–H groups in total. The Morgan fingerprint density at radius 3 is 2.49 bits per heavy atom. The first kappa shape index (κ1) is 25.5. The number of amides is 1. The summed E-state index contributed by atoms with van der Waals surface area (Å²) in [5.74, 6) is -0.207. The number of halogens is 3. The van der Waals surface area contributed by atoms with Crippen LogP contribution in [0.2, 0.25) is 0 Å². The lowest BCUT2D eigenvalue weighted by molar-refractivity contribution is -0.137. The number of aliphatic hydroxyl groups is 1. The third-order valence-corrected chi connectivity index (χ3v) is 7.46. The summed E-state index contributed by atoms with van der Waals surface area (Å²) < 4.78 is 40.9. The van der Waals surface area contributed by atoms with Crippen molar-refractivity contribution in [2.75, 3.05) is 19.6 Å². The molecule has 5 rings (SSSR count). The zero-order valence-electron chi connectivity index (χ0n) is 20.5. The van der Waals surface area contributed by atoms with Gasteiger partial charge in [0, 0.05) is 31.2 Å². The number of carbonyl (C=O) groups is 1. The van der Waals surface area contributed by atoms with Gasteiger partial charge in [-0.2, -0.15) is 13.2 Å². The summed E-state index contributed by atoms with van der Waals surface area (Å²) >= 11 is 0. The van der Waals surface area contributed by atoms with E-state index in [9.17, 15) is 23.1 Å². The molecule has 1 aromatic heterocycles. The molecule has 2 heterocycles. The van der Waals surface area contributed by atoms with Crippen LogP contribution < -0.4 is 5.32 Å². The van der Waals surface area contributed by atoms with Crippen molar-refractivity contribution in [3.05, 3.63) is 77.7 Å². The summed E-state index contributed by atoms with van der Waals surface area (Å²) in [5, 5.41) is 14.0. The number of imidazole rings is 1. The largest absolute Gasteiger partial charge is 0.416 e. The molecule has 1 amide bonds. The molecule has 2 fully saturated rings. The van der Waals surface area contributed by atoms with E-state index >= 15 is 0 Å². The molecular weight excluding hydrogens is 481 g/mol. The fourth-order valence-corrected chi connectivity index (χ4v) is 5.52. The van der Waals surface area contributed by atoms with E-state index in [-0.39, 0.29) is 18.0 Å². The number of aliphatic hydroxyl groups excluding tert-OH is 1. The molecule has 0 spiro atoms. The predicted octanol–water partition coefficient (Wildman–Crippen LogP) is 4.70. The third-order valence-electron chi connectivity index (χ3n) is 7.46. The normalized spacial score (nSPS) is 22.7. The van der Waals surface area contributed by atoms with Crippen LogP contribution in [0.5, 0.6) is 0 Å². The van der Waals surface area contributed by atoms with Gasteiger partial charge in [-0.1, -0.05) is 55.3 Å². The van der Waals surface area contributed by atoms with Crippen molar-refractivity contribution in [1.82, 2.24) is 19.8 Å². The van der Waals surface area contributed by atoms with Gasteiger partial charge < -0.3 is 19.9 Å². The molecule has 9 heteroatoms. The summed E-state index contributed by atoms with van der Waals surface area (Å²) in [7, 11) is 0. The van der Waals surface area contributed by atoms with Crippen LogP contribution in [0.25, 0.3) is 11.3 Å². The van der Waals surface area contributed by atoms with Gasteiger partial charge in [-0.15, -0.1) is 0 Å². The molecule has 0 unspecified atom stereocenters. The van der Waals surface area contributed by atoms with E-state index in [0.717, 1.165) is 42.5 Å². The van der Waals surface area contributed by atoms with Gasteiger partial charge in [0.25, 0.3) is 5.91 Å². The minimum absolute atomic E-state index is 0.149. The van der Waals surface area contributed by atoms with Gasteiger partial charge in [0.1, 0.15) is 0 Å². The first-order chi connectivity index (χ1) is 17.8. The van der Waals surface area contributed by atoms with Gasteiger partial charge >= 0.3 is 6.18 Å². The summed E-state index contributed by atoms with van der Waals surface area (Å²) in [5.41, 5.74) is 1.94. The molecule has 3 aromatic rings. The minimum atomic E-state index is -4.38. The van der Waals surface area contributed by atoms with E-state index in [4.69, 9.17) is 0 Å². The number of hydrogen-bond acceptors (Lipinski definition) is 4. The zero-order chi connectivity index (χ0) is 26.0. The van der Waals surface area contributed by atoms with Crippen molar-refractivity contribution in [2.24, 2.45) is 0 Å². The third kappa shape index (κ3) is 5.43. The molecule has 3 atom stereocenters. The van der Waals surface area contributed by atoms with E-state index in [1.165, 1.54) is 12.1 Å². The Hall–Kier alpha value is -3.17. The van der Waals surface area contributed by atoms with Gasteiger partial charge in [-0.25, -0.2) is 4.98 Å². The molecule has 0 radical (unpaired) electrons. The lowest BCUT2D eigenvalue weighted by atomic mass is 9.92. The first-order valence-electron chi connectivity index (χ1n) is 12.8. The van der Waals surface area contributed by atoms with Crippen LogP contribution in [0, 0.1) is 0 Å². The van der Waals surface area contributed by atoms with Crippen molar-refractivity contribution >= 4 is 5.91 Å². The molecule has 2 aliphatic rings. The number of nitrogens with one attached hydrogen (secondary N) is 1. The quantitative estimate of drug-likeness (QED) is 0.520. The van der Waals surface area contributed by atoms with Crippen molar-refractivity contribution in [2.45, 2.75) is 56.5 Å². The number of carbonyl (C=O) groups excluding carboxylic acids is 1. The number of benzene rings is 2. The van der Waals surface area contributed by atoms with Crippen LogP contribution in [0.1, 0.15) is 53.3 Å². The average Bonchev–Trinajstić information content (AvgIpc) is 3.34. The van der Waals surface area contributed by atoms with Gasteiger partial charge in [0.05, 0.1) is 29.7 Å². The molecule has 6 nitrogen and oxygen atoms in total. The van der Waals surface area contributed by atoms with Crippen molar-refractivity contribution in [1.29, 1.82) is 0 Å². The van der Waals surface area contributed by atoms with Crippen LogP contribution in [-0.4, -0.2) is 57.2 Å². The van der Waals surface area contributed by atoms with Gasteiger partial charge in [0.15, 0.2) is 5.69 Å². The van der Waals surface area contributed by atoms with Gasteiger partial charge in [-0.3, -0.25) is 4.79 Å². The van der Waals surface area contributed by atoms with E-state index in [1.54, 1.807) is 11.2 Å². The Morgan fingerprint density at radius 2 is 1.78 bits per heavy atom. The Bertz CT molecular complexity index is 1210. The number of nitrogens with zero attached hydrogens (tertiary/aromatic N) is 3. The fraction of sp³-hybridized carbons (Fsp3) is 0.429. The van der Waals surface area contributed by atoms with E-state index in [2.05, 4.69) is 10.3 Å². The van der Waals surface area contributed by atoms with E-state index in [1.807, 2.05) is 34.9 Å². The van der Waals surface area contributed by atoms with Crippen LogP contribution in [0.15, 0.2) is 60.9 Å². The first-order valence-corrected chi connectivity index (χ1v) is 12.8. The summed E-state index contributed by atoms with van der Waals surface area (Å²) in [6.45, 7) is 1.63. The maximum absolute atomic E-state index is 14.0. The summed E-state index contributed by atoms with van der Waals surface area (Å²) in [6, 6.07) is 14.4. The highest BCUT2D eigenvalue weighted by Gasteiger charge is 2.34. The van der Waals surface area contributed by atoms with Crippen molar-refractivity contribution in [3.63, 3.8) is 0 Å². The topological polar surface area (TPSA) is 70.4 Å². The minimum Gasteiger partial charge on any atom is -0.391 e. The smallest absolute Gasteiger partial charge is 0.391 e. The molecule has 2 aromatic carbocycles. The summed E-state index contributed by atoms with van der Waals surface area (Å²) in [4.78, 5) is 20.3. The number of aromatic nitrogens is 2. The van der Waals surface area contributed by atoms with Gasteiger partial charge in [-0.05, 0) is 37.0 Å². The highest BCUT2D eigenvalue weighted by molar-refractivity contribution is 5.98.